The van der Waals surface area contributed by atoms with E-state index in [4.69, 9.17) is 4.74 Å². The number of hydrogen-bond acceptors (Lipinski definition) is 5. The lowest BCUT2D eigenvalue weighted by atomic mass is 10.0. The Morgan fingerprint density at radius 3 is 2.53 bits per heavy atom. The van der Waals surface area contributed by atoms with Gasteiger partial charge in [-0.05, 0) is 75.2 Å². The molecule has 0 bridgehead atoms. The first-order valence-electron chi connectivity index (χ1n) is 12.2. The van der Waals surface area contributed by atoms with Crippen LogP contribution in [0.15, 0.2) is 55.1 Å². The number of rotatable bonds is 9. The van der Waals surface area contributed by atoms with Gasteiger partial charge >= 0.3 is 0 Å². The van der Waals surface area contributed by atoms with Crippen molar-refractivity contribution in [2.24, 2.45) is 0 Å². The zero-order valence-electron chi connectivity index (χ0n) is 21.5. The summed E-state index contributed by atoms with van der Waals surface area (Å²) in [5, 5.41) is 12.5. The number of amides is 2. The fourth-order valence-corrected chi connectivity index (χ4v) is 4.15. The van der Waals surface area contributed by atoms with Crippen LogP contribution in [-0.4, -0.2) is 71.1 Å². The SMILES string of the molecule is C=CC(=O)N1CCN(C[C@@H](Oc2ccc(C(=O)NCC(C)(C)O)cc2)c2ccc(C)c(F)c2)C[C@H]1C. The molecular formula is C28H36FN3O4. The summed E-state index contributed by atoms with van der Waals surface area (Å²) in [5.41, 5.74) is 0.713. The molecule has 194 valence electrons. The molecule has 2 amide bonds. The highest BCUT2D eigenvalue weighted by molar-refractivity contribution is 5.94. The summed E-state index contributed by atoms with van der Waals surface area (Å²) in [4.78, 5) is 28.5. The Balaban J connectivity index is 1.74. The molecule has 1 saturated heterocycles. The molecule has 2 aromatic rings. The number of piperazine rings is 1. The van der Waals surface area contributed by atoms with E-state index in [2.05, 4.69) is 16.8 Å². The third kappa shape index (κ3) is 7.38. The Bertz CT molecular complexity index is 1080. The fraction of sp³-hybridized carbons (Fsp3) is 0.429. The van der Waals surface area contributed by atoms with Gasteiger partial charge in [0.05, 0.1) is 5.60 Å². The van der Waals surface area contributed by atoms with Gasteiger partial charge in [-0.15, -0.1) is 0 Å². The number of carbonyl (C=O) groups is 2. The summed E-state index contributed by atoms with van der Waals surface area (Å²) in [7, 11) is 0. The minimum atomic E-state index is -1.00. The summed E-state index contributed by atoms with van der Waals surface area (Å²) >= 11 is 0. The van der Waals surface area contributed by atoms with Gasteiger partial charge in [-0.2, -0.15) is 0 Å². The molecule has 0 aromatic heterocycles. The van der Waals surface area contributed by atoms with Crippen LogP contribution in [0.4, 0.5) is 4.39 Å². The van der Waals surface area contributed by atoms with E-state index in [1.165, 1.54) is 12.1 Å². The van der Waals surface area contributed by atoms with Crippen molar-refractivity contribution in [3.63, 3.8) is 0 Å². The maximum absolute atomic E-state index is 14.4. The number of halogens is 1. The van der Waals surface area contributed by atoms with Gasteiger partial charge in [0.15, 0.2) is 0 Å². The monoisotopic (exact) mass is 497 g/mol. The predicted molar refractivity (Wildman–Crippen MR) is 137 cm³/mol. The number of aliphatic hydroxyl groups is 1. The highest BCUT2D eigenvalue weighted by atomic mass is 19.1. The molecule has 2 aromatic carbocycles. The third-order valence-electron chi connectivity index (χ3n) is 6.24. The van der Waals surface area contributed by atoms with Crippen molar-refractivity contribution in [2.75, 3.05) is 32.7 Å². The molecule has 0 aliphatic carbocycles. The van der Waals surface area contributed by atoms with Crippen molar-refractivity contribution < 1.29 is 23.8 Å². The van der Waals surface area contributed by atoms with E-state index in [1.54, 1.807) is 56.0 Å². The summed E-state index contributed by atoms with van der Waals surface area (Å²) < 4.78 is 20.7. The topological polar surface area (TPSA) is 82.1 Å². The molecule has 0 spiro atoms. The summed E-state index contributed by atoms with van der Waals surface area (Å²) in [6.07, 6.45) is 0.880. The van der Waals surface area contributed by atoms with Gasteiger partial charge in [0, 0.05) is 44.3 Å². The quantitative estimate of drug-likeness (QED) is 0.519. The molecule has 2 atom stereocenters. The number of nitrogens with zero attached hydrogens (tertiary/aromatic N) is 2. The first-order valence-corrected chi connectivity index (χ1v) is 12.2. The Morgan fingerprint density at radius 1 is 1.25 bits per heavy atom. The molecule has 0 unspecified atom stereocenters. The van der Waals surface area contributed by atoms with E-state index in [0.29, 0.717) is 48.6 Å². The summed E-state index contributed by atoms with van der Waals surface area (Å²) in [6, 6.07) is 11.8. The normalized spacial score (nSPS) is 17.4. The van der Waals surface area contributed by atoms with Crippen LogP contribution in [0.1, 0.15) is 48.4 Å². The van der Waals surface area contributed by atoms with Crippen LogP contribution in [0.3, 0.4) is 0 Å². The average molecular weight is 498 g/mol. The lowest BCUT2D eigenvalue weighted by molar-refractivity contribution is -0.130. The standard InChI is InChI=1S/C28H36FN3O4/c1-6-26(33)32-14-13-31(16-20(32)3)17-25(22-8-7-19(2)24(29)15-22)36-23-11-9-21(10-12-23)27(34)30-18-28(4,5)35/h6-12,15,20,25,35H,1,13-14,16-18H2,2-5H3,(H,30,34)/t20-,25-/m1/s1. The van der Waals surface area contributed by atoms with Crippen LogP contribution in [-0.2, 0) is 4.79 Å². The van der Waals surface area contributed by atoms with Crippen LogP contribution in [0.25, 0.3) is 0 Å². The molecule has 0 saturated carbocycles. The first kappa shape index (κ1) is 27.4. The van der Waals surface area contributed by atoms with Crippen molar-refractivity contribution in [1.29, 1.82) is 0 Å². The molecule has 1 aliphatic heterocycles. The molecule has 1 heterocycles. The number of carbonyl (C=O) groups excluding carboxylic acids is 2. The molecule has 1 aliphatic rings. The van der Waals surface area contributed by atoms with E-state index in [-0.39, 0.29) is 30.2 Å². The Kier molecular flexibility index (Phi) is 8.87. The third-order valence-corrected chi connectivity index (χ3v) is 6.24. The summed E-state index contributed by atoms with van der Waals surface area (Å²) in [5.74, 6) is -0.118. The van der Waals surface area contributed by atoms with E-state index in [0.717, 1.165) is 0 Å². The zero-order chi connectivity index (χ0) is 26.5. The van der Waals surface area contributed by atoms with Crippen LogP contribution in [0.5, 0.6) is 5.75 Å². The van der Waals surface area contributed by atoms with Crippen LogP contribution in [0.2, 0.25) is 0 Å². The summed E-state index contributed by atoms with van der Waals surface area (Å²) in [6.45, 7) is 13.1. The lowest BCUT2D eigenvalue weighted by Gasteiger charge is -2.40. The maximum Gasteiger partial charge on any atom is 0.251 e. The van der Waals surface area contributed by atoms with Crippen molar-refractivity contribution in [1.82, 2.24) is 15.1 Å². The molecule has 8 heteroatoms. The average Bonchev–Trinajstić information content (AvgIpc) is 2.83. The second-order valence-electron chi connectivity index (χ2n) is 9.98. The number of hydrogen-bond donors (Lipinski definition) is 2. The zero-order valence-corrected chi connectivity index (χ0v) is 21.5. The second-order valence-corrected chi connectivity index (χ2v) is 9.98. The predicted octanol–water partition coefficient (Wildman–Crippen LogP) is 3.47. The minimum absolute atomic E-state index is 0.0151. The molecule has 3 rings (SSSR count). The second kappa shape index (κ2) is 11.7. The van der Waals surface area contributed by atoms with Crippen molar-refractivity contribution in [2.45, 2.75) is 45.4 Å². The van der Waals surface area contributed by atoms with Gasteiger partial charge in [0.2, 0.25) is 5.91 Å². The van der Waals surface area contributed by atoms with Gasteiger partial charge in [-0.25, -0.2) is 4.39 Å². The first-order chi connectivity index (χ1) is 17.0. The number of ether oxygens (including phenoxy) is 1. The van der Waals surface area contributed by atoms with Gasteiger partial charge < -0.3 is 20.1 Å². The van der Waals surface area contributed by atoms with Crippen LogP contribution < -0.4 is 10.1 Å². The fourth-order valence-electron chi connectivity index (χ4n) is 4.15. The molecule has 36 heavy (non-hydrogen) atoms. The van der Waals surface area contributed by atoms with Crippen molar-refractivity contribution in [3.8, 4) is 5.75 Å². The highest BCUT2D eigenvalue weighted by Crippen LogP contribution is 2.26. The largest absolute Gasteiger partial charge is 0.484 e. The smallest absolute Gasteiger partial charge is 0.251 e. The Labute approximate surface area is 212 Å². The maximum atomic E-state index is 14.4. The van der Waals surface area contributed by atoms with Gasteiger partial charge in [0.25, 0.3) is 5.91 Å². The van der Waals surface area contributed by atoms with Crippen molar-refractivity contribution in [3.05, 3.63) is 77.6 Å². The van der Waals surface area contributed by atoms with Gasteiger partial charge in [-0.3, -0.25) is 14.5 Å². The van der Waals surface area contributed by atoms with Crippen molar-refractivity contribution >= 4 is 11.8 Å². The minimum Gasteiger partial charge on any atom is -0.484 e. The number of nitrogens with one attached hydrogen (secondary N) is 1. The molecular weight excluding hydrogens is 461 g/mol. The van der Waals surface area contributed by atoms with Crippen LogP contribution >= 0.6 is 0 Å². The molecule has 2 N–H and O–H groups in total. The van der Waals surface area contributed by atoms with Gasteiger partial charge in [0.1, 0.15) is 17.7 Å². The molecule has 1 fully saturated rings. The highest BCUT2D eigenvalue weighted by Gasteiger charge is 2.28. The van der Waals surface area contributed by atoms with E-state index < -0.39 is 11.7 Å². The van der Waals surface area contributed by atoms with E-state index in [1.807, 2.05) is 13.0 Å². The van der Waals surface area contributed by atoms with Gasteiger partial charge in [-0.1, -0.05) is 18.7 Å². The molecule has 7 nitrogen and oxygen atoms in total. The number of aryl methyl sites for hydroxylation is 1. The van der Waals surface area contributed by atoms with Crippen LogP contribution in [0, 0.1) is 12.7 Å². The van der Waals surface area contributed by atoms with E-state index >= 15 is 0 Å². The lowest BCUT2D eigenvalue weighted by Crippen LogP contribution is -2.54. The number of benzene rings is 2. The Morgan fingerprint density at radius 2 is 1.94 bits per heavy atom. The van der Waals surface area contributed by atoms with E-state index in [9.17, 15) is 19.1 Å². The molecule has 0 radical (unpaired) electrons. The Hall–Kier alpha value is -3.23.